The number of thiophene rings is 1. The van der Waals surface area contributed by atoms with Gasteiger partial charge in [0.25, 0.3) is 0 Å². The van der Waals surface area contributed by atoms with Crippen molar-refractivity contribution in [2.45, 2.75) is 25.9 Å². The lowest BCUT2D eigenvalue weighted by Crippen LogP contribution is -2.47. The van der Waals surface area contributed by atoms with Crippen molar-refractivity contribution in [2.75, 3.05) is 6.61 Å². The van der Waals surface area contributed by atoms with Crippen LogP contribution in [0.25, 0.3) is 0 Å². The van der Waals surface area contributed by atoms with Gasteiger partial charge < -0.3 is 4.74 Å². The Labute approximate surface area is 122 Å². The van der Waals surface area contributed by atoms with Gasteiger partial charge >= 0.3 is 5.97 Å². The first-order valence-electron chi connectivity index (χ1n) is 6.52. The van der Waals surface area contributed by atoms with Gasteiger partial charge in [-0.2, -0.15) is 0 Å². The zero-order valence-electron chi connectivity index (χ0n) is 11.6. The molecule has 0 fully saturated rings. The minimum Gasteiger partial charge on any atom is -0.464 e. The predicted molar refractivity (Wildman–Crippen MR) is 79.4 cm³/mol. The number of carbonyl (C=O) groups excluding carboxylic acids is 1. The number of nitrogens with one attached hydrogen (secondary N) is 1. The molecule has 20 heavy (non-hydrogen) atoms. The number of hydrogen-bond donors (Lipinski definition) is 1. The highest BCUT2D eigenvalue weighted by molar-refractivity contribution is 7.09. The molecule has 0 bridgehead atoms. The van der Waals surface area contributed by atoms with Gasteiger partial charge in [0.2, 0.25) is 0 Å². The fourth-order valence-electron chi connectivity index (χ4n) is 1.93. The van der Waals surface area contributed by atoms with Crippen LogP contribution >= 0.6 is 11.3 Å². The van der Waals surface area contributed by atoms with Crippen molar-refractivity contribution in [2.24, 2.45) is 0 Å². The molecule has 106 valence electrons. The molecule has 0 amide bonds. The Hall–Kier alpha value is -1.72. The summed E-state index contributed by atoms with van der Waals surface area (Å²) in [7, 11) is 0. The van der Waals surface area contributed by atoms with E-state index in [0.717, 1.165) is 5.56 Å². The van der Waals surface area contributed by atoms with Gasteiger partial charge in [0.15, 0.2) is 0 Å². The van der Waals surface area contributed by atoms with Crippen molar-refractivity contribution in [3.63, 3.8) is 0 Å². The van der Waals surface area contributed by atoms with Crippen molar-refractivity contribution in [3.8, 4) is 0 Å². The summed E-state index contributed by atoms with van der Waals surface area (Å²) in [6.45, 7) is 4.63. The van der Waals surface area contributed by atoms with Crippen LogP contribution in [0.4, 0.5) is 0 Å². The number of ether oxygens (including phenoxy) is 1. The number of nitrogens with zero attached hydrogens (tertiary/aromatic N) is 1. The maximum Gasteiger partial charge on any atom is 0.330 e. The topological polar surface area (TPSA) is 51.2 Å². The minimum atomic E-state index is -0.872. The fourth-order valence-corrected chi connectivity index (χ4v) is 2.57. The molecule has 4 nitrogen and oxygen atoms in total. The van der Waals surface area contributed by atoms with Crippen LogP contribution in [0.3, 0.4) is 0 Å². The number of aromatic nitrogens is 1. The van der Waals surface area contributed by atoms with E-state index in [0.29, 0.717) is 13.2 Å². The Bertz CT molecular complexity index is 542. The molecule has 1 N–H and O–H groups in total. The quantitative estimate of drug-likeness (QED) is 0.831. The van der Waals surface area contributed by atoms with Gasteiger partial charge in [-0.25, -0.2) is 4.79 Å². The van der Waals surface area contributed by atoms with Gasteiger partial charge in [0.1, 0.15) is 5.54 Å². The van der Waals surface area contributed by atoms with Crippen LogP contribution in [0.1, 0.15) is 24.3 Å². The van der Waals surface area contributed by atoms with E-state index in [1.807, 2.05) is 43.5 Å². The Morgan fingerprint density at radius 2 is 2.15 bits per heavy atom. The average Bonchev–Trinajstić information content (AvgIpc) is 2.99. The molecule has 1 atom stereocenters. The second kappa shape index (κ2) is 6.63. The number of hydrogen-bond acceptors (Lipinski definition) is 5. The van der Waals surface area contributed by atoms with E-state index in [-0.39, 0.29) is 5.97 Å². The van der Waals surface area contributed by atoms with Gasteiger partial charge in [0, 0.05) is 23.8 Å². The van der Waals surface area contributed by atoms with Crippen LogP contribution in [-0.2, 0) is 21.6 Å². The minimum absolute atomic E-state index is 0.275. The Kier molecular flexibility index (Phi) is 4.87. The molecular weight excluding hydrogens is 272 g/mol. The SMILES string of the molecule is CCOC(=O)C(C)(NCc1cccs1)c1ccncc1. The zero-order valence-corrected chi connectivity index (χ0v) is 12.4. The van der Waals surface area contributed by atoms with Crippen molar-refractivity contribution >= 4 is 17.3 Å². The molecule has 0 aliphatic carbocycles. The largest absolute Gasteiger partial charge is 0.464 e. The van der Waals surface area contributed by atoms with E-state index in [1.54, 1.807) is 23.7 Å². The van der Waals surface area contributed by atoms with Crippen LogP contribution in [0.5, 0.6) is 0 Å². The van der Waals surface area contributed by atoms with Crippen LogP contribution in [0.2, 0.25) is 0 Å². The summed E-state index contributed by atoms with van der Waals surface area (Å²) in [5.74, 6) is -0.275. The van der Waals surface area contributed by atoms with Gasteiger partial charge in [-0.1, -0.05) is 6.07 Å². The van der Waals surface area contributed by atoms with Crippen molar-refractivity contribution in [3.05, 3.63) is 52.5 Å². The smallest absolute Gasteiger partial charge is 0.330 e. The van der Waals surface area contributed by atoms with Crippen LogP contribution in [0.15, 0.2) is 42.0 Å². The molecule has 0 aliphatic heterocycles. The molecule has 0 radical (unpaired) electrons. The van der Waals surface area contributed by atoms with E-state index in [1.165, 1.54) is 4.88 Å². The lowest BCUT2D eigenvalue weighted by atomic mass is 9.93. The first kappa shape index (κ1) is 14.7. The number of pyridine rings is 1. The predicted octanol–water partition coefficient (Wildman–Crippen LogP) is 2.71. The summed E-state index contributed by atoms with van der Waals surface area (Å²) < 4.78 is 5.21. The fraction of sp³-hybridized carbons (Fsp3) is 0.333. The van der Waals surface area contributed by atoms with Gasteiger partial charge in [0.05, 0.1) is 6.61 Å². The average molecular weight is 290 g/mol. The van der Waals surface area contributed by atoms with Crippen LogP contribution < -0.4 is 5.32 Å². The van der Waals surface area contributed by atoms with E-state index in [9.17, 15) is 4.79 Å². The summed E-state index contributed by atoms with van der Waals surface area (Å²) >= 11 is 1.66. The monoisotopic (exact) mass is 290 g/mol. The van der Waals surface area contributed by atoms with E-state index >= 15 is 0 Å². The third-order valence-electron chi connectivity index (χ3n) is 3.14. The summed E-state index contributed by atoms with van der Waals surface area (Å²) in [5.41, 5.74) is -0.0225. The molecule has 0 aliphatic rings. The molecule has 2 aromatic heterocycles. The summed E-state index contributed by atoms with van der Waals surface area (Å²) in [4.78, 5) is 17.5. The van der Waals surface area contributed by atoms with E-state index < -0.39 is 5.54 Å². The maximum atomic E-state index is 12.3. The van der Waals surface area contributed by atoms with Gasteiger partial charge in [-0.3, -0.25) is 10.3 Å². The van der Waals surface area contributed by atoms with E-state index in [2.05, 4.69) is 10.3 Å². The summed E-state index contributed by atoms with van der Waals surface area (Å²) in [6, 6.07) is 7.70. The Morgan fingerprint density at radius 1 is 1.40 bits per heavy atom. The lowest BCUT2D eigenvalue weighted by Gasteiger charge is -2.28. The Balaban J connectivity index is 2.22. The second-order valence-corrected chi connectivity index (χ2v) is 5.55. The van der Waals surface area contributed by atoms with Crippen LogP contribution in [-0.4, -0.2) is 17.6 Å². The van der Waals surface area contributed by atoms with Gasteiger partial charge in [-0.15, -0.1) is 11.3 Å². The number of rotatable bonds is 6. The van der Waals surface area contributed by atoms with Crippen molar-refractivity contribution in [1.29, 1.82) is 0 Å². The molecule has 2 aromatic rings. The Morgan fingerprint density at radius 3 is 2.75 bits per heavy atom. The standard InChI is InChI=1S/C15H18N2O2S/c1-3-19-14(18)15(2,12-6-8-16-9-7-12)17-11-13-5-4-10-20-13/h4-10,17H,3,11H2,1-2H3. The highest BCUT2D eigenvalue weighted by Gasteiger charge is 2.36. The first-order chi connectivity index (χ1) is 9.66. The molecule has 1 unspecified atom stereocenters. The third kappa shape index (κ3) is 3.23. The normalized spacial score (nSPS) is 13.7. The third-order valence-corrected chi connectivity index (χ3v) is 4.01. The van der Waals surface area contributed by atoms with Crippen molar-refractivity contribution < 1.29 is 9.53 Å². The van der Waals surface area contributed by atoms with Crippen molar-refractivity contribution in [1.82, 2.24) is 10.3 Å². The molecule has 0 saturated carbocycles. The molecular formula is C15H18N2O2S. The number of carbonyl (C=O) groups is 1. The second-order valence-electron chi connectivity index (χ2n) is 4.51. The summed E-state index contributed by atoms with van der Waals surface area (Å²) in [6.07, 6.45) is 3.36. The van der Waals surface area contributed by atoms with Gasteiger partial charge in [-0.05, 0) is 43.0 Å². The molecule has 2 heterocycles. The lowest BCUT2D eigenvalue weighted by molar-refractivity contribution is -0.151. The molecule has 0 spiro atoms. The van der Waals surface area contributed by atoms with E-state index in [4.69, 9.17) is 4.74 Å². The highest BCUT2D eigenvalue weighted by atomic mass is 32.1. The molecule has 2 rings (SSSR count). The highest BCUT2D eigenvalue weighted by Crippen LogP contribution is 2.23. The van der Waals surface area contributed by atoms with Crippen LogP contribution in [0, 0.1) is 0 Å². The molecule has 5 heteroatoms. The zero-order chi connectivity index (χ0) is 14.4. The summed E-state index contributed by atoms with van der Waals surface area (Å²) in [5, 5.41) is 5.33. The first-order valence-corrected chi connectivity index (χ1v) is 7.40. The number of esters is 1. The molecule has 0 aromatic carbocycles. The maximum absolute atomic E-state index is 12.3. The molecule has 0 saturated heterocycles.